The summed E-state index contributed by atoms with van der Waals surface area (Å²) >= 11 is 0. The van der Waals surface area contributed by atoms with Crippen LogP contribution in [0.4, 0.5) is 0 Å². The summed E-state index contributed by atoms with van der Waals surface area (Å²) in [5.41, 5.74) is 3.74. The summed E-state index contributed by atoms with van der Waals surface area (Å²) in [5, 5.41) is 10.3. The quantitative estimate of drug-likeness (QED) is 0.654. The van der Waals surface area contributed by atoms with Crippen LogP contribution in [-0.2, 0) is 13.1 Å². The van der Waals surface area contributed by atoms with Crippen molar-refractivity contribution < 1.29 is 9.84 Å². The molecule has 0 heterocycles. The molecule has 134 valence electrons. The van der Waals surface area contributed by atoms with Gasteiger partial charge < -0.3 is 9.84 Å². The number of allylic oxidation sites excluding steroid dienone is 1. The van der Waals surface area contributed by atoms with Gasteiger partial charge in [0, 0.05) is 19.6 Å². The molecule has 2 aromatic rings. The average molecular weight is 339 g/mol. The van der Waals surface area contributed by atoms with Crippen LogP contribution >= 0.6 is 0 Å². The van der Waals surface area contributed by atoms with E-state index in [0.717, 1.165) is 31.7 Å². The van der Waals surface area contributed by atoms with Crippen molar-refractivity contribution in [1.82, 2.24) is 4.90 Å². The molecule has 0 unspecified atom stereocenters. The Labute approximate surface area is 151 Å². The molecule has 3 heteroatoms. The molecule has 3 nitrogen and oxygen atoms in total. The first-order valence-corrected chi connectivity index (χ1v) is 8.80. The number of nitrogens with zero attached hydrogens (tertiary/aromatic N) is 1. The number of hydrogen-bond donors (Lipinski definition) is 1. The Morgan fingerprint density at radius 3 is 2.48 bits per heavy atom. The van der Waals surface area contributed by atoms with E-state index in [2.05, 4.69) is 54.8 Å². The molecule has 0 fully saturated rings. The van der Waals surface area contributed by atoms with Crippen molar-refractivity contribution in [2.45, 2.75) is 39.0 Å². The van der Waals surface area contributed by atoms with Gasteiger partial charge in [0.05, 0.1) is 13.2 Å². The first-order chi connectivity index (χ1) is 12.1. The van der Waals surface area contributed by atoms with Gasteiger partial charge in [0.25, 0.3) is 0 Å². The fourth-order valence-corrected chi connectivity index (χ4v) is 2.94. The standard InChI is InChI=1S/C22H29NO2/c1-4-5-9-21(24)17-23(16-20-8-6-7-18(2)14-20)15-19-10-12-22(25-3)13-11-19/h4,6-8,10-14,21,24H,1,5,9,15-17H2,2-3H3/t21-/m1/s1. The predicted molar refractivity (Wildman–Crippen MR) is 104 cm³/mol. The van der Waals surface area contributed by atoms with Gasteiger partial charge in [-0.3, -0.25) is 4.90 Å². The lowest BCUT2D eigenvalue weighted by Gasteiger charge is -2.25. The maximum atomic E-state index is 10.3. The number of ether oxygens (including phenoxy) is 1. The van der Waals surface area contributed by atoms with Crippen LogP contribution < -0.4 is 4.74 Å². The van der Waals surface area contributed by atoms with Gasteiger partial charge in [-0.1, -0.05) is 48.0 Å². The molecule has 0 aromatic heterocycles. The summed E-state index contributed by atoms with van der Waals surface area (Å²) in [7, 11) is 1.68. The zero-order chi connectivity index (χ0) is 18.1. The Balaban J connectivity index is 2.07. The second-order valence-electron chi connectivity index (χ2n) is 6.53. The monoisotopic (exact) mass is 339 g/mol. The highest BCUT2D eigenvalue weighted by Gasteiger charge is 2.13. The van der Waals surface area contributed by atoms with Crippen molar-refractivity contribution in [3.05, 3.63) is 77.9 Å². The summed E-state index contributed by atoms with van der Waals surface area (Å²) in [6.07, 6.45) is 3.09. The van der Waals surface area contributed by atoms with Crippen LogP contribution in [-0.4, -0.2) is 29.8 Å². The highest BCUT2D eigenvalue weighted by Crippen LogP contribution is 2.16. The molecular formula is C22H29NO2. The van der Waals surface area contributed by atoms with E-state index < -0.39 is 0 Å². The zero-order valence-electron chi connectivity index (χ0n) is 15.3. The van der Waals surface area contributed by atoms with Crippen molar-refractivity contribution in [1.29, 1.82) is 0 Å². The molecule has 0 saturated heterocycles. The molecule has 0 aliphatic carbocycles. The molecule has 2 aromatic carbocycles. The highest BCUT2D eigenvalue weighted by atomic mass is 16.5. The summed E-state index contributed by atoms with van der Waals surface area (Å²) in [5.74, 6) is 0.861. The van der Waals surface area contributed by atoms with E-state index in [1.807, 2.05) is 18.2 Å². The molecule has 0 saturated carbocycles. The van der Waals surface area contributed by atoms with Crippen LogP contribution in [0.3, 0.4) is 0 Å². The topological polar surface area (TPSA) is 32.7 Å². The van der Waals surface area contributed by atoms with Crippen LogP contribution in [0.5, 0.6) is 5.75 Å². The van der Waals surface area contributed by atoms with E-state index >= 15 is 0 Å². The Kier molecular flexibility index (Phi) is 7.71. The number of benzene rings is 2. The fourth-order valence-electron chi connectivity index (χ4n) is 2.94. The number of hydrogen-bond acceptors (Lipinski definition) is 3. The van der Waals surface area contributed by atoms with Crippen LogP contribution in [0.1, 0.15) is 29.5 Å². The Bertz CT molecular complexity index is 651. The van der Waals surface area contributed by atoms with E-state index in [-0.39, 0.29) is 6.10 Å². The third-order valence-electron chi connectivity index (χ3n) is 4.23. The second-order valence-corrected chi connectivity index (χ2v) is 6.53. The van der Waals surface area contributed by atoms with Crippen LogP contribution in [0.2, 0.25) is 0 Å². The van der Waals surface area contributed by atoms with Crippen LogP contribution in [0.25, 0.3) is 0 Å². The van der Waals surface area contributed by atoms with Crippen molar-refractivity contribution in [3.8, 4) is 5.75 Å². The third kappa shape index (κ3) is 6.73. The first-order valence-electron chi connectivity index (χ1n) is 8.80. The summed E-state index contributed by atoms with van der Waals surface area (Å²) in [6, 6.07) is 16.7. The molecule has 25 heavy (non-hydrogen) atoms. The minimum Gasteiger partial charge on any atom is -0.497 e. The summed E-state index contributed by atoms with van der Waals surface area (Å²) in [4.78, 5) is 2.30. The minimum atomic E-state index is -0.346. The predicted octanol–water partition coefficient (Wildman–Crippen LogP) is 4.33. The second kappa shape index (κ2) is 10.0. The fraction of sp³-hybridized carbons (Fsp3) is 0.364. The molecule has 0 bridgehead atoms. The van der Waals surface area contributed by atoms with E-state index in [9.17, 15) is 5.11 Å². The zero-order valence-corrected chi connectivity index (χ0v) is 15.3. The van der Waals surface area contributed by atoms with Crippen molar-refractivity contribution in [2.75, 3.05) is 13.7 Å². The smallest absolute Gasteiger partial charge is 0.118 e. The Morgan fingerprint density at radius 1 is 1.12 bits per heavy atom. The first kappa shape index (κ1) is 19.2. The van der Waals surface area contributed by atoms with Gasteiger partial charge in [0.2, 0.25) is 0 Å². The van der Waals surface area contributed by atoms with Gasteiger partial charge >= 0.3 is 0 Å². The minimum absolute atomic E-state index is 0.346. The van der Waals surface area contributed by atoms with Gasteiger partial charge in [0.1, 0.15) is 5.75 Å². The molecule has 1 atom stereocenters. The number of rotatable bonds is 10. The van der Waals surface area contributed by atoms with E-state index in [4.69, 9.17) is 4.74 Å². The molecule has 0 aliphatic heterocycles. The lowest BCUT2D eigenvalue weighted by Crippen LogP contribution is -2.31. The number of aryl methyl sites for hydroxylation is 1. The van der Waals surface area contributed by atoms with Gasteiger partial charge in [-0.2, -0.15) is 0 Å². The molecule has 0 radical (unpaired) electrons. The Morgan fingerprint density at radius 2 is 1.84 bits per heavy atom. The number of methoxy groups -OCH3 is 1. The summed E-state index contributed by atoms with van der Waals surface area (Å²) < 4.78 is 5.23. The van der Waals surface area contributed by atoms with Crippen molar-refractivity contribution in [3.63, 3.8) is 0 Å². The van der Waals surface area contributed by atoms with Gasteiger partial charge in [-0.15, -0.1) is 6.58 Å². The molecule has 0 aliphatic rings. The maximum Gasteiger partial charge on any atom is 0.118 e. The highest BCUT2D eigenvalue weighted by molar-refractivity contribution is 5.27. The summed E-state index contributed by atoms with van der Waals surface area (Å²) in [6.45, 7) is 8.10. The molecule has 1 N–H and O–H groups in total. The SMILES string of the molecule is C=CCC[C@@H](O)CN(Cc1ccc(OC)cc1)Cc1cccc(C)c1. The van der Waals surface area contributed by atoms with E-state index in [1.54, 1.807) is 7.11 Å². The third-order valence-corrected chi connectivity index (χ3v) is 4.23. The van der Waals surface area contributed by atoms with Gasteiger partial charge in [-0.25, -0.2) is 0 Å². The molecular weight excluding hydrogens is 310 g/mol. The van der Waals surface area contributed by atoms with Crippen LogP contribution in [0, 0.1) is 6.92 Å². The largest absolute Gasteiger partial charge is 0.497 e. The van der Waals surface area contributed by atoms with E-state index in [1.165, 1.54) is 16.7 Å². The molecule has 0 spiro atoms. The van der Waals surface area contributed by atoms with Crippen LogP contribution in [0.15, 0.2) is 61.2 Å². The van der Waals surface area contributed by atoms with Crippen molar-refractivity contribution in [2.24, 2.45) is 0 Å². The van der Waals surface area contributed by atoms with Gasteiger partial charge in [-0.05, 0) is 43.0 Å². The number of aliphatic hydroxyl groups is 1. The Hall–Kier alpha value is -2.10. The number of aliphatic hydroxyl groups excluding tert-OH is 1. The van der Waals surface area contributed by atoms with Gasteiger partial charge in [0.15, 0.2) is 0 Å². The average Bonchev–Trinajstić information content (AvgIpc) is 2.60. The lowest BCUT2D eigenvalue weighted by atomic mass is 10.1. The molecule has 2 rings (SSSR count). The van der Waals surface area contributed by atoms with Crippen molar-refractivity contribution >= 4 is 0 Å². The normalized spacial score (nSPS) is 12.2. The molecule has 0 amide bonds. The maximum absolute atomic E-state index is 10.3. The lowest BCUT2D eigenvalue weighted by molar-refractivity contribution is 0.0984. The van der Waals surface area contributed by atoms with E-state index in [0.29, 0.717) is 6.54 Å².